The maximum atomic E-state index is 12.6. The van der Waals surface area contributed by atoms with Gasteiger partial charge in [0.05, 0.1) is 16.2 Å². The van der Waals surface area contributed by atoms with E-state index in [2.05, 4.69) is 10.6 Å². The van der Waals surface area contributed by atoms with Crippen LogP contribution in [-0.2, 0) is 20.9 Å². The van der Waals surface area contributed by atoms with Gasteiger partial charge < -0.3 is 20.1 Å². The molecule has 0 bridgehead atoms. The van der Waals surface area contributed by atoms with Crippen LogP contribution in [0.5, 0.6) is 5.75 Å². The summed E-state index contributed by atoms with van der Waals surface area (Å²) in [5.41, 5.74) is 2.25. The molecule has 0 heterocycles. The second-order valence-electron chi connectivity index (χ2n) is 7.44. The van der Waals surface area contributed by atoms with Crippen molar-refractivity contribution in [2.75, 3.05) is 18.5 Å². The van der Waals surface area contributed by atoms with Crippen molar-refractivity contribution in [3.8, 4) is 5.75 Å². The molecule has 0 aliphatic heterocycles. The summed E-state index contributed by atoms with van der Waals surface area (Å²) in [7, 11) is 0. The zero-order chi connectivity index (χ0) is 25.2. The number of rotatable bonds is 10. The quantitative estimate of drug-likeness (QED) is 0.259. The standard InChI is InChI=1S/C25H23N3O7/c1-17-10-12-18(13-11-17)14-26-25(31)19-6-2-3-7-20(19)27-23(29)15-35-24(30)16-34-22-9-5-4-8-21(22)28(32)33/h2-13H,14-16H2,1H3,(H,26,31)(H,27,29). The van der Waals surface area contributed by atoms with E-state index >= 15 is 0 Å². The number of esters is 1. The third-order valence-corrected chi connectivity index (χ3v) is 4.79. The molecule has 10 nitrogen and oxygen atoms in total. The lowest BCUT2D eigenvalue weighted by Gasteiger charge is -2.12. The molecule has 0 radical (unpaired) electrons. The number of nitro benzene ring substituents is 1. The average Bonchev–Trinajstić information content (AvgIpc) is 2.86. The number of benzene rings is 3. The van der Waals surface area contributed by atoms with E-state index in [1.807, 2.05) is 31.2 Å². The molecule has 3 rings (SSSR count). The molecule has 10 heteroatoms. The summed E-state index contributed by atoms with van der Waals surface area (Å²) in [6, 6.07) is 19.7. The Morgan fingerprint density at radius 1 is 0.914 bits per heavy atom. The first-order valence-corrected chi connectivity index (χ1v) is 10.6. The Labute approximate surface area is 201 Å². The van der Waals surface area contributed by atoms with Gasteiger partial charge in [0.15, 0.2) is 19.0 Å². The van der Waals surface area contributed by atoms with Crippen LogP contribution in [0.25, 0.3) is 0 Å². The minimum absolute atomic E-state index is 0.0931. The average molecular weight is 477 g/mol. The highest BCUT2D eigenvalue weighted by atomic mass is 16.6. The molecule has 0 aliphatic rings. The maximum absolute atomic E-state index is 12.6. The van der Waals surface area contributed by atoms with Crippen molar-refractivity contribution < 1.29 is 28.8 Å². The number of nitrogens with zero attached hydrogens (tertiary/aromatic N) is 1. The summed E-state index contributed by atoms with van der Waals surface area (Å²) < 4.78 is 10.00. The Bertz CT molecular complexity index is 1230. The summed E-state index contributed by atoms with van der Waals surface area (Å²) in [5, 5.41) is 16.3. The highest BCUT2D eigenvalue weighted by Gasteiger charge is 2.17. The van der Waals surface area contributed by atoms with Crippen LogP contribution in [0.2, 0.25) is 0 Å². The molecule has 0 spiro atoms. The van der Waals surface area contributed by atoms with Gasteiger partial charge in [-0.05, 0) is 30.7 Å². The fraction of sp³-hybridized carbons (Fsp3) is 0.160. The van der Waals surface area contributed by atoms with E-state index in [1.165, 1.54) is 24.3 Å². The molecule has 0 aliphatic carbocycles. The Hall–Kier alpha value is -4.73. The van der Waals surface area contributed by atoms with Crippen molar-refractivity contribution in [1.29, 1.82) is 0 Å². The molecule has 2 N–H and O–H groups in total. The SMILES string of the molecule is Cc1ccc(CNC(=O)c2ccccc2NC(=O)COC(=O)COc2ccccc2[N+](=O)[O-])cc1. The number of ether oxygens (including phenoxy) is 2. The molecule has 0 aromatic heterocycles. The number of para-hydroxylation sites is 3. The lowest BCUT2D eigenvalue weighted by atomic mass is 10.1. The first kappa shape index (κ1) is 24.9. The number of carbonyl (C=O) groups is 3. The van der Waals surface area contributed by atoms with Gasteiger partial charge in [0.1, 0.15) is 0 Å². The molecule has 3 aromatic rings. The summed E-state index contributed by atoms with van der Waals surface area (Å²) in [4.78, 5) is 47.2. The molecular formula is C25H23N3O7. The van der Waals surface area contributed by atoms with Crippen molar-refractivity contribution in [2.24, 2.45) is 0 Å². The summed E-state index contributed by atoms with van der Waals surface area (Å²) in [6.45, 7) is 1.05. The van der Waals surface area contributed by atoms with Crippen molar-refractivity contribution >= 4 is 29.2 Å². The van der Waals surface area contributed by atoms with Gasteiger partial charge in [-0.1, -0.05) is 54.1 Å². The highest BCUT2D eigenvalue weighted by Crippen LogP contribution is 2.25. The van der Waals surface area contributed by atoms with E-state index in [0.29, 0.717) is 6.54 Å². The van der Waals surface area contributed by atoms with Crippen LogP contribution in [0.15, 0.2) is 72.8 Å². The van der Waals surface area contributed by atoms with E-state index in [9.17, 15) is 24.5 Å². The number of hydrogen-bond donors (Lipinski definition) is 2. The van der Waals surface area contributed by atoms with Crippen LogP contribution < -0.4 is 15.4 Å². The molecule has 0 saturated heterocycles. The first-order chi connectivity index (χ1) is 16.8. The predicted molar refractivity (Wildman–Crippen MR) is 127 cm³/mol. The fourth-order valence-corrected chi connectivity index (χ4v) is 3.01. The van der Waals surface area contributed by atoms with E-state index in [-0.39, 0.29) is 28.6 Å². The van der Waals surface area contributed by atoms with Gasteiger partial charge in [-0.2, -0.15) is 0 Å². The molecule has 180 valence electrons. The number of hydrogen-bond acceptors (Lipinski definition) is 7. The minimum Gasteiger partial charge on any atom is -0.475 e. The van der Waals surface area contributed by atoms with Gasteiger partial charge in [0, 0.05) is 12.6 Å². The van der Waals surface area contributed by atoms with Crippen molar-refractivity contribution in [3.05, 3.63) is 99.6 Å². The van der Waals surface area contributed by atoms with Crippen molar-refractivity contribution in [3.63, 3.8) is 0 Å². The van der Waals surface area contributed by atoms with E-state index < -0.39 is 30.0 Å². The first-order valence-electron chi connectivity index (χ1n) is 10.6. The smallest absolute Gasteiger partial charge is 0.344 e. The third kappa shape index (κ3) is 7.39. The summed E-state index contributed by atoms with van der Waals surface area (Å²) >= 11 is 0. The number of amides is 2. The zero-order valence-corrected chi connectivity index (χ0v) is 18.9. The second-order valence-corrected chi connectivity index (χ2v) is 7.44. The van der Waals surface area contributed by atoms with Gasteiger partial charge in [-0.15, -0.1) is 0 Å². The molecule has 0 unspecified atom stereocenters. The molecular weight excluding hydrogens is 454 g/mol. The highest BCUT2D eigenvalue weighted by molar-refractivity contribution is 6.04. The Balaban J connectivity index is 1.50. The van der Waals surface area contributed by atoms with Gasteiger partial charge in [-0.3, -0.25) is 19.7 Å². The van der Waals surface area contributed by atoms with Crippen LogP contribution >= 0.6 is 0 Å². The molecule has 2 amide bonds. The molecule has 0 atom stereocenters. The Morgan fingerprint density at radius 2 is 1.60 bits per heavy atom. The molecule has 0 fully saturated rings. The normalized spacial score (nSPS) is 10.2. The summed E-state index contributed by atoms with van der Waals surface area (Å²) in [6.07, 6.45) is 0. The number of nitro groups is 1. The van der Waals surface area contributed by atoms with E-state index in [1.54, 1.807) is 24.3 Å². The van der Waals surface area contributed by atoms with Crippen LogP contribution in [-0.4, -0.2) is 35.9 Å². The van der Waals surface area contributed by atoms with E-state index in [0.717, 1.165) is 11.1 Å². The van der Waals surface area contributed by atoms with Gasteiger partial charge in [0.25, 0.3) is 11.8 Å². The fourth-order valence-electron chi connectivity index (χ4n) is 3.01. The predicted octanol–water partition coefficient (Wildman–Crippen LogP) is 3.39. The Morgan fingerprint density at radius 3 is 2.34 bits per heavy atom. The van der Waals surface area contributed by atoms with Crippen molar-refractivity contribution in [1.82, 2.24) is 5.32 Å². The number of nitrogens with one attached hydrogen (secondary N) is 2. The third-order valence-electron chi connectivity index (χ3n) is 4.79. The minimum atomic E-state index is -0.887. The zero-order valence-electron chi connectivity index (χ0n) is 18.9. The monoisotopic (exact) mass is 477 g/mol. The van der Waals surface area contributed by atoms with Crippen LogP contribution in [0.4, 0.5) is 11.4 Å². The largest absolute Gasteiger partial charge is 0.475 e. The number of aryl methyl sites for hydroxylation is 1. The van der Waals surface area contributed by atoms with Gasteiger partial charge >= 0.3 is 11.7 Å². The lowest BCUT2D eigenvalue weighted by molar-refractivity contribution is -0.385. The van der Waals surface area contributed by atoms with Crippen LogP contribution in [0.1, 0.15) is 21.5 Å². The van der Waals surface area contributed by atoms with E-state index in [4.69, 9.17) is 9.47 Å². The molecule has 3 aromatic carbocycles. The second kappa shape index (κ2) is 11.9. The molecule has 35 heavy (non-hydrogen) atoms. The number of anilines is 1. The summed E-state index contributed by atoms with van der Waals surface area (Å²) in [5.74, 6) is -2.02. The topological polar surface area (TPSA) is 137 Å². The van der Waals surface area contributed by atoms with Crippen LogP contribution in [0, 0.1) is 17.0 Å². The van der Waals surface area contributed by atoms with Crippen LogP contribution in [0.3, 0.4) is 0 Å². The maximum Gasteiger partial charge on any atom is 0.344 e. The lowest BCUT2D eigenvalue weighted by Crippen LogP contribution is -2.27. The molecule has 0 saturated carbocycles. The van der Waals surface area contributed by atoms with Crippen molar-refractivity contribution in [2.45, 2.75) is 13.5 Å². The Kier molecular flexibility index (Phi) is 8.49. The number of carbonyl (C=O) groups excluding carboxylic acids is 3. The van der Waals surface area contributed by atoms with Gasteiger partial charge in [-0.25, -0.2) is 4.79 Å². The van der Waals surface area contributed by atoms with Gasteiger partial charge in [0.2, 0.25) is 0 Å².